The lowest BCUT2D eigenvalue weighted by atomic mass is 10.1. The summed E-state index contributed by atoms with van der Waals surface area (Å²) in [6.45, 7) is 1.98. The van der Waals surface area contributed by atoms with Crippen LogP contribution in [0.3, 0.4) is 0 Å². The van der Waals surface area contributed by atoms with Crippen LogP contribution in [0.2, 0.25) is 0 Å². The third-order valence-corrected chi connectivity index (χ3v) is 3.26. The molecule has 5 heteroatoms. The van der Waals surface area contributed by atoms with Gasteiger partial charge in [0.2, 0.25) is 5.95 Å². The number of rotatable bonds is 3. The first-order chi connectivity index (χ1) is 10.2. The average Bonchev–Trinajstić information content (AvgIpc) is 2.52. The minimum atomic E-state index is 0. The molecule has 0 bridgehead atoms. The molecule has 0 radical (unpaired) electrons. The molecule has 0 atom stereocenters. The zero-order chi connectivity index (χ0) is 14.7. The van der Waals surface area contributed by atoms with E-state index in [2.05, 4.69) is 15.3 Å². The number of nitrogens with one attached hydrogen (secondary N) is 1. The Labute approximate surface area is 135 Å². The van der Waals surface area contributed by atoms with Crippen molar-refractivity contribution in [2.75, 3.05) is 11.1 Å². The van der Waals surface area contributed by atoms with Gasteiger partial charge in [-0.25, -0.2) is 9.97 Å². The highest BCUT2D eigenvalue weighted by molar-refractivity contribution is 5.85. The maximum Gasteiger partial charge on any atom is 0.227 e. The van der Waals surface area contributed by atoms with Crippen LogP contribution in [-0.4, -0.2) is 9.97 Å². The summed E-state index contributed by atoms with van der Waals surface area (Å²) in [6, 6.07) is 17.7. The van der Waals surface area contributed by atoms with Gasteiger partial charge in [0, 0.05) is 23.1 Å². The molecule has 4 nitrogen and oxygen atoms in total. The summed E-state index contributed by atoms with van der Waals surface area (Å²) in [4.78, 5) is 8.78. The SMILES string of the molecule is Cc1ccc(Nc2nccc(-c3ccccc3)n2)cc1N.Cl. The number of halogens is 1. The lowest BCUT2D eigenvalue weighted by molar-refractivity contribution is 1.17. The highest BCUT2D eigenvalue weighted by Crippen LogP contribution is 2.21. The number of nitrogens with two attached hydrogens (primary N) is 1. The van der Waals surface area contributed by atoms with Gasteiger partial charge >= 0.3 is 0 Å². The van der Waals surface area contributed by atoms with Gasteiger partial charge in [-0.1, -0.05) is 36.4 Å². The summed E-state index contributed by atoms with van der Waals surface area (Å²) >= 11 is 0. The topological polar surface area (TPSA) is 63.8 Å². The molecule has 3 N–H and O–H groups in total. The maximum absolute atomic E-state index is 5.91. The maximum atomic E-state index is 5.91. The molecule has 1 heterocycles. The Morgan fingerprint density at radius 3 is 2.50 bits per heavy atom. The Hall–Kier alpha value is -2.59. The summed E-state index contributed by atoms with van der Waals surface area (Å²) in [7, 11) is 0. The Bertz CT molecular complexity index is 760. The zero-order valence-electron chi connectivity index (χ0n) is 12.2. The second-order valence-electron chi connectivity index (χ2n) is 4.83. The number of anilines is 3. The predicted molar refractivity (Wildman–Crippen MR) is 93.6 cm³/mol. The van der Waals surface area contributed by atoms with Crippen molar-refractivity contribution in [3.05, 3.63) is 66.4 Å². The van der Waals surface area contributed by atoms with Crippen molar-refractivity contribution in [3.8, 4) is 11.3 Å². The monoisotopic (exact) mass is 312 g/mol. The third-order valence-electron chi connectivity index (χ3n) is 3.26. The van der Waals surface area contributed by atoms with Gasteiger partial charge < -0.3 is 11.1 Å². The normalized spacial score (nSPS) is 9.86. The van der Waals surface area contributed by atoms with Gasteiger partial charge in [0.1, 0.15) is 0 Å². The van der Waals surface area contributed by atoms with E-state index < -0.39 is 0 Å². The van der Waals surface area contributed by atoms with Crippen molar-refractivity contribution in [3.63, 3.8) is 0 Å². The summed E-state index contributed by atoms with van der Waals surface area (Å²) in [5.74, 6) is 0.555. The first kappa shape index (κ1) is 15.8. The lowest BCUT2D eigenvalue weighted by Gasteiger charge is -2.08. The van der Waals surface area contributed by atoms with E-state index in [4.69, 9.17) is 5.73 Å². The predicted octanol–water partition coefficient (Wildman–Crippen LogP) is 4.20. The molecule has 0 saturated carbocycles. The zero-order valence-corrected chi connectivity index (χ0v) is 13.0. The minimum absolute atomic E-state index is 0. The van der Waals surface area contributed by atoms with Gasteiger partial charge in [-0.15, -0.1) is 12.4 Å². The van der Waals surface area contributed by atoms with Crippen molar-refractivity contribution in [2.24, 2.45) is 0 Å². The molecule has 0 fully saturated rings. The second kappa shape index (κ2) is 6.91. The number of nitrogens with zero attached hydrogens (tertiary/aromatic N) is 2. The van der Waals surface area contributed by atoms with Crippen LogP contribution in [0.25, 0.3) is 11.3 Å². The largest absolute Gasteiger partial charge is 0.398 e. The van der Waals surface area contributed by atoms with Crippen LogP contribution in [-0.2, 0) is 0 Å². The highest BCUT2D eigenvalue weighted by Gasteiger charge is 2.03. The van der Waals surface area contributed by atoms with Gasteiger partial charge in [-0.3, -0.25) is 0 Å². The third kappa shape index (κ3) is 3.54. The van der Waals surface area contributed by atoms with Crippen LogP contribution < -0.4 is 11.1 Å². The Balaban J connectivity index is 0.00000176. The first-order valence-electron chi connectivity index (χ1n) is 6.74. The minimum Gasteiger partial charge on any atom is -0.398 e. The van der Waals surface area contributed by atoms with Gasteiger partial charge in [-0.2, -0.15) is 0 Å². The van der Waals surface area contributed by atoms with Crippen LogP contribution in [0.15, 0.2) is 60.8 Å². The molecular weight excluding hydrogens is 296 g/mol. The Morgan fingerprint density at radius 1 is 1.00 bits per heavy atom. The van der Waals surface area contributed by atoms with Gasteiger partial charge in [-0.05, 0) is 30.7 Å². The van der Waals surface area contributed by atoms with E-state index in [-0.39, 0.29) is 12.4 Å². The van der Waals surface area contributed by atoms with Crippen LogP contribution in [0.5, 0.6) is 0 Å². The molecule has 22 heavy (non-hydrogen) atoms. The van der Waals surface area contributed by atoms with E-state index >= 15 is 0 Å². The summed E-state index contributed by atoms with van der Waals surface area (Å²) in [6.07, 6.45) is 1.75. The smallest absolute Gasteiger partial charge is 0.227 e. The molecule has 1 aromatic heterocycles. The molecule has 0 aliphatic heterocycles. The van der Waals surface area contributed by atoms with Crippen molar-refractivity contribution in [1.82, 2.24) is 9.97 Å². The molecule has 3 aromatic rings. The number of hydrogen-bond acceptors (Lipinski definition) is 4. The highest BCUT2D eigenvalue weighted by atomic mass is 35.5. The van der Waals surface area contributed by atoms with Crippen LogP contribution in [0, 0.1) is 6.92 Å². The van der Waals surface area contributed by atoms with Crippen molar-refractivity contribution >= 4 is 29.7 Å². The molecule has 2 aromatic carbocycles. The number of benzene rings is 2. The van der Waals surface area contributed by atoms with Crippen LogP contribution in [0.4, 0.5) is 17.3 Å². The average molecular weight is 313 g/mol. The van der Waals surface area contributed by atoms with E-state index in [1.54, 1.807) is 6.20 Å². The molecule has 112 valence electrons. The fourth-order valence-corrected chi connectivity index (χ4v) is 2.04. The number of aryl methyl sites for hydroxylation is 1. The van der Waals surface area contributed by atoms with E-state index in [0.29, 0.717) is 5.95 Å². The van der Waals surface area contributed by atoms with Crippen molar-refractivity contribution in [2.45, 2.75) is 6.92 Å². The number of hydrogen-bond donors (Lipinski definition) is 2. The van der Waals surface area contributed by atoms with E-state index in [0.717, 1.165) is 28.2 Å². The molecule has 0 aliphatic rings. The summed E-state index contributed by atoms with van der Waals surface area (Å²) < 4.78 is 0. The summed E-state index contributed by atoms with van der Waals surface area (Å²) in [5, 5.41) is 3.18. The molecule has 0 aliphatic carbocycles. The van der Waals surface area contributed by atoms with Gasteiger partial charge in [0.25, 0.3) is 0 Å². The molecule has 0 unspecified atom stereocenters. The van der Waals surface area contributed by atoms with E-state index in [1.807, 2.05) is 61.5 Å². The van der Waals surface area contributed by atoms with E-state index in [1.165, 1.54) is 0 Å². The standard InChI is InChI=1S/C17H16N4.ClH/c1-12-7-8-14(11-15(12)18)20-17-19-10-9-16(21-17)13-5-3-2-4-6-13;/h2-11H,18H2,1H3,(H,19,20,21);1H. The summed E-state index contributed by atoms with van der Waals surface area (Å²) in [5.41, 5.74) is 10.5. The first-order valence-corrected chi connectivity index (χ1v) is 6.74. The fourth-order valence-electron chi connectivity index (χ4n) is 2.04. The quantitative estimate of drug-likeness (QED) is 0.711. The second-order valence-corrected chi connectivity index (χ2v) is 4.83. The Kier molecular flexibility index (Phi) is 4.96. The number of nitrogen functional groups attached to an aromatic ring is 1. The lowest BCUT2D eigenvalue weighted by Crippen LogP contribution is -1.99. The molecule has 0 amide bonds. The van der Waals surface area contributed by atoms with Gasteiger partial charge in [0.15, 0.2) is 0 Å². The molecule has 0 saturated heterocycles. The van der Waals surface area contributed by atoms with Crippen LogP contribution in [0.1, 0.15) is 5.56 Å². The van der Waals surface area contributed by atoms with Crippen LogP contribution >= 0.6 is 12.4 Å². The molecule has 0 spiro atoms. The van der Waals surface area contributed by atoms with Crippen molar-refractivity contribution < 1.29 is 0 Å². The molecular formula is C17H17ClN4. The Morgan fingerprint density at radius 2 is 1.77 bits per heavy atom. The van der Waals surface area contributed by atoms with E-state index in [9.17, 15) is 0 Å². The van der Waals surface area contributed by atoms with Crippen molar-refractivity contribution in [1.29, 1.82) is 0 Å². The fraction of sp³-hybridized carbons (Fsp3) is 0.0588. The molecule has 3 rings (SSSR count). The van der Waals surface area contributed by atoms with Gasteiger partial charge in [0.05, 0.1) is 5.69 Å². The number of aromatic nitrogens is 2.